The molecule has 1 unspecified atom stereocenters. The largest absolute Gasteiger partial charge is 0.497 e. The van der Waals surface area contributed by atoms with Gasteiger partial charge in [0.15, 0.2) is 5.60 Å². The standard InChI is InChI=1S/C19H21NO5/c1-17-8-6-15-14-4-3-13(25-2)11-12(14)5-9-18(15,20(23)24)19(17,22)10-7-16(17)21/h3-4,6,11,22H,5,7-10H2,1-2H3/t17-,18?,19-/m1/s1. The van der Waals surface area contributed by atoms with E-state index >= 15 is 0 Å². The van der Waals surface area contributed by atoms with Gasteiger partial charge in [-0.3, -0.25) is 14.9 Å². The summed E-state index contributed by atoms with van der Waals surface area (Å²) in [6, 6.07) is 5.52. The fourth-order valence-corrected chi connectivity index (χ4v) is 5.22. The van der Waals surface area contributed by atoms with Crippen molar-refractivity contribution in [1.29, 1.82) is 0 Å². The third kappa shape index (κ3) is 1.70. The van der Waals surface area contributed by atoms with Crippen LogP contribution in [0.2, 0.25) is 0 Å². The molecule has 1 fully saturated rings. The Morgan fingerprint density at radius 3 is 2.72 bits per heavy atom. The van der Waals surface area contributed by atoms with Gasteiger partial charge in [-0.05, 0) is 49.4 Å². The van der Waals surface area contributed by atoms with E-state index in [4.69, 9.17) is 4.74 Å². The Bertz CT molecular complexity index is 831. The highest BCUT2D eigenvalue weighted by molar-refractivity contribution is 5.93. The Labute approximate surface area is 145 Å². The second-order valence-electron chi connectivity index (χ2n) is 7.58. The van der Waals surface area contributed by atoms with Gasteiger partial charge in [-0.1, -0.05) is 12.1 Å². The van der Waals surface area contributed by atoms with Crippen LogP contribution in [0.4, 0.5) is 0 Å². The Morgan fingerprint density at radius 1 is 1.28 bits per heavy atom. The molecule has 1 N–H and O–H groups in total. The van der Waals surface area contributed by atoms with Gasteiger partial charge in [0.25, 0.3) is 5.54 Å². The van der Waals surface area contributed by atoms with E-state index in [0.717, 1.165) is 11.1 Å². The molecule has 0 bridgehead atoms. The van der Waals surface area contributed by atoms with Crippen LogP contribution in [0.25, 0.3) is 5.57 Å². The smallest absolute Gasteiger partial charge is 0.276 e. The summed E-state index contributed by atoms with van der Waals surface area (Å²) in [6.07, 6.45) is 3.14. The van der Waals surface area contributed by atoms with E-state index in [-0.39, 0.29) is 30.0 Å². The maximum Gasteiger partial charge on any atom is 0.276 e. The van der Waals surface area contributed by atoms with Crippen molar-refractivity contribution >= 4 is 11.4 Å². The van der Waals surface area contributed by atoms with Gasteiger partial charge < -0.3 is 9.84 Å². The van der Waals surface area contributed by atoms with E-state index in [1.54, 1.807) is 20.1 Å². The number of rotatable bonds is 2. The van der Waals surface area contributed by atoms with E-state index in [1.165, 1.54) is 0 Å². The third-order valence-electron chi connectivity index (χ3n) is 6.76. The number of hydrogen-bond acceptors (Lipinski definition) is 5. The molecule has 1 saturated carbocycles. The molecule has 25 heavy (non-hydrogen) atoms. The van der Waals surface area contributed by atoms with Gasteiger partial charge in [0, 0.05) is 23.3 Å². The molecule has 0 aromatic heterocycles. The molecule has 132 valence electrons. The van der Waals surface area contributed by atoms with Crippen molar-refractivity contribution < 1.29 is 19.6 Å². The molecular weight excluding hydrogens is 322 g/mol. The topological polar surface area (TPSA) is 89.7 Å². The number of allylic oxidation sites excluding steroid dienone is 1. The van der Waals surface area contributed by atoms with Gasteiger partial charge in [-0.2, -0.15) is 0 Å². The lowest BCUT2D eigenvalue weighted by molar-refractivity contribution is -0.582. The minimum atomic E-state index is -1.65. The molecular formula is C19H21NO5. The summed E-state index contributed by atoms with van der Waals surface area (Å²) in [6.45, 7) is 1.68. The van der Waals surface area contributed by atoms with Crippen molar-refractivity contribution in [2.24, 2.45) is 5.41 Å². The zero-order valence-electron chi connectivity index (χ0n) is 14.4. The summed E-state index contributed by atoms with van der Waals surface area (Å²) in [5.41, 5.74) is -2.04. The van der Waals surface area contributed by atoms with E-state index in [9.17, 15) is 20.0 Å². The van der Waals surface area contributed by atoms with Gasteiger partial charge in [0.05, 0.1) is 12.5 Å². The predicted octanol–water partition coefficient (Wildman–Crippen LogP) is 2.54. The summed E-state index contributed by atoms with van der Waals surface area (Å²) < 4.78 is 5.26. The van der Waals surface area contributed by atoms with E-state index in [0.29, 0.717) is 24.2 Å². The highest BCUT2D eigenvalue weighted by Crippen LogP contribution is 2.62. The Morgan fingerprint density at radius 2 is 2.04 bits per heavy atom. The normalized spacial score (nSPS) is 36.1. The molecule has 0 radical (unpaired) electrons. The SMILES string of the molecule is COc1ccc2c(c1)CCC1([N+](=O)[O-])C2=CC[C@]2(C)C(=O)CC[C@]12O. The first kappa shape index (κ1) is 16.3. The van der Waals surface area contributed by atoms with Crippen LogP contribution in [0.3, 0.4) is 0 Å². The van der Waals surface area contributed by atoms with Gasteiger partial charge in [0.1, 0.15) is 11.5 Å². The van der Waals surface area contributed by atoms with Crippen LogP contribution in [0, 0.1) is 15.5 Å². The van der Waals surface area contributed by atoms with Crippen LogP contribution >= 0.6 is 0 Å². The first-order valence-corrected chi connectivity index (χ1v) is 8.58. The average molecular weight is 343 g/mol. The van der Waals surface area contributed by atoms with Gasteiger partial charge in [-0.15, -0.1) is 0 Å². The van der Waals surface area contributed by atoms with Gasteiger partial charge >= 0.3 is 0 Å². The zero-order chi connectivity index (χ0) is 18.0. The van der Waals surface area contributed by atoms with E-state index in [2.05, 4.69) is 0 Å². The summed E-state index contributed by atoms with van der Waals surface area (Å²) in [5, 5.41) is 23.9. The number of benzene rings is 1. The Balaban J connectivity index is 1.97. The fraction of sp³-hybridized carbons (Fsp3) is 0.526. The molecule has 1 aromatic rings. The van der Waals surface area contributed by atoms with Crippen molar-refractivity contribution in [3.05, 3.63) is 45.5 Å². The molecule has 6 nitrogen and oxygen atoms in total. The second-order valence-corrected chi connectivity index (χ2v) is 7.58. The maximum absolute atomic E-state index is 12.5. The number of carbonyl (C=O) groups is 1. The number of ketones is 1. The number of fused-ring (bicyclic) bond motifs is 5. The van der Waals surface area contributed by atoms with Crippen LogP contribution in [-0.2, 0) is 11.2 Å². The fourth-order valence-electron chi connectivity index (χ4n) is 5.22. The molecule has 0 aliphatic heterocycles. The summed E-state index contributed by atoms with van der Waals surface area (Å²) >= 11 is 0. The molecule has 3 aliphatic carbocycles. The number of carbonyl (C=O) groups excluding carboxylic acids is 1. The van der Waals surface area contributed by atoms with Crippen molar-refractivity contribution in [2.75, 3.05) is 7.11 Å². The van der Waals surface area contributed by atoms with Crippen LogP contribution in [0.15, 0.2) is 24.3 Å². The number of aryl methyl sites for hydroxylation is 1. The van der Waals surface area contributed by atoms with Crippen LogP contribution in [-0.4, -0.2) is 34.1 Å². The molecule has 3 atom stereocenters. The molecule has 0 amide bonds. The summed E-state index contributed by atoms with van der Waals surface area (Å²) in [5.74, 6) is 0.635. The number of aliphatic hydroxyl groups is 1. The van der Waals surface area contributed by atoms with Crippen LogP contribution in [0.5, 0.6) is 5.75 Å². The van der Waals surface area contributed by atoms with Crippen LogP contribution in [0.1, 0.15) is 43.7 Å². The molecule has 3 aliphatic rings. The molecule has 1 aromatic carbocycles. The monoisotopic (exact) mass is 343 g/mol. The minimum Gasteiger partial charge on any atom is -0.497 e. The first-order chi connectivity index (χ1) is 11.8. The number of Topliss-reactive ketones (excluding diaryl/α,β-unsaturated/α-hetero) is 1. The molecule has 0 heterocycles. The second kappa shape index (κ2) is 4.91. The number of ether oxygens (including phenoxy) is 1. The first-order valence-electron chi connectivity index (χ1n) is 8.58. The average Bonchev–Trinajstić information content (AvgIpc) is 2.85. The van der Waals surface area contributed by atoms with Crippen LogP contribution < -0.4 is 4.74 Å². The van der Waals surface area contributed by atoms with Crippen molar-refractivity contribution in [2.45, 2.75) is 50.2 Å². The molecule has 6 heteroatoms. The van der Waals surface area contributed by atoms with E-state index in [1.807, 2.05) is 18.2 Å². The van der Waals surface area contributed by atoms with Gasteiger partial charge in [0.2, 0.25) is 0 Å². The Kier molecular flexibility index (Phi) is 3.20. The number of nitrogens with zero attached hydrogens (tertiary/aromatic N) is 1. The predicted molar refractivity (Wildman–Crippen MR) is 90.9 cm³/mol. The summed E-state index contributed by atoms with van der Waals surface area (Å²) in [7, 11) is 1.59. The van der Waals surface area contributed by atoms with E-state index < -0.39 is 16.6 Å². The molecule has 0 spiro atoms. The lowest BCUT2D eigenvalue weighted by atomic mass is 9.53. The summed E-state index contributed by atoms with van der Waals surface area (Å²) in [4.78, 5) is 24.4. The number of nitro groups is 1. The van der Waals surface area contributed by atoms with Crippen molar-refractivity contribution in [3.8, 4) is 5.75 Å². The third-order valence-corrected chi connectivity index (χ3v) is 6.76. The Hall–Kier alpha value is -2.21. The molecule has 4 rings (SSSR count). The quantitative estimate of drug-likeness (QED) is 0.658. The van der Waals surface area contributed by atoms with Crippen molar-refractivity contribution in [3.63, 3.8) is 0 Å². The minimum absolute atomic E-state index is 0.0768. The maximum atomic E-state index is 12.5. The molecule has 0 saturated heterocycles. The number of hydrogen-bond donors (Lipinski definition) is 1. The lowest BCUT2D eigenvalue weighted by Crippen LogP contribution is -2.68. The number of methoxy groups -OCH3 is 1. The van der Waals surface area contributed by atoms with Crippen molar-refractivity contribution in [1.82, 2.24) is 0 Å². The zero-order valence-corrected chi connectivity index (χ0v) is 14.4. The lowest BCUT2D eigenvalue weighted by Gasteiger charge is -2.51. The highest BCUT2D eigenvalue weighted by Gasteiger charge is 2.76. The van der Waals surface area contributed by atoms with Gasteiger partial charge in [-0.25, -0.2) is 0 Å². The highest BCUT2D eigenvalue weighted by atomic mass is 16.6.